The van der Waals surface area contributed by atoms with Crippen LogP contribution in [0.4, 0.5) is 4.79 Å². The van der Waals surface area contributed by atoms with Crippen LogP contribution in [0.3, 0.4) is 0 Å². The molecule has 5 heteroatoms. The lowest BCUT2D eigenvalue weighted by Crippen LogP contribution is -2.10. The maximum Gasteiger partial charge on any atom is 0.418 e. The monoisotopic (exact) mass is 261 g/mol. The highest BCUT2D eigenvalue weighted by atomic mass is 16.5. The maximum absolute atomic E-state index is 11.7. The van der Waals surface area contributed by atoms with Crippen molar-refractivity contribution in [2.24, 2.45) is 0 Å². The first-order valence-corrected chi connectivity index (χ1v) is 5.85. The van der Waals surface area contributed by atoms with Crippen LogP contribution >= 0.6 is 0 Å². The van der Waals surface area contributed by atoms with E-state index in [1.807, 2.05) is 24.3 Å². The Kier molecular flexibility index (Phi) is 3.97. The number of aldehydes is 1. The highest BCUT2D eigenvalue weighted by Crippen LogP contribution is 2.27. The van der Waals surface area contributed by atoms with E-state index in [-0.39, 0.29) is 6.61 Å². The number of carbonyl (C=O) groups is 2. The van der Waals surface area contributed by atoms with E-state index >= 15 is 0 Å². The van der Waals surface area contributed by atoms with Crippen LogP contribution < -0.4 is 0 Å². The zero-order chi connectivity index (χ0) is 13.8. The predicted molar refractivity (Wildman–Crippen MR) is 70.4 cm³/mol. The number of methoxy groups -OCH3 is 2. The molecule has 19 heavy (non-hydrogen) atoms. The van der Waals surface area contributed by atoms with Crippen molar-refractivity contribution in [2.45, 2.75) is 5.92 Å². The fourth-order valence-corrected chi connectivity index (χ4v) is 2.13. The Morgan fingerprint density at radius 1 is 1.37 bits per heavy atom. The van der Waals surface area contributed by atoms with Crippen LogP contribution in [0.25, 0.3) is 10.9 Å². The first kappa shape index (κ1) is 13.3. The Hall–Kier alpha value is -2.14. The molecule has 0 amide bonds. The Bertz CT molecular complexity index is 603. The third-order valence-corrected chi connectivity index (χ3v) is 3.02. The molecule has 0 bridgehead atoms. The number of carbonyl (C=O) groups excluding carboxylic acids is 2. The number of hydrogen-bond donors (Lipinski definition) is 0. The molecule has 5 nitrogen and oxygen atoms in total. The highest BCUT2D eigenvalue weighted by Gasteiger charge is 2.19. The summed E-state index contributed by atoms with van der Waals surface area (Å²) < 4.78 is 11.2. The molecule has 1 heterocycles. The van der Waals surface area contributed by atoms with Crippen LogP contribution in [-0.2, 0) is 14.3 Å². The second-order valence-corrected chi connectivity index (χ2v) is 4.14. The van der Waals surface area contributed by atoms with E-state index in [1.54, 1.807) is 6.20 Å². The lowest BCUT2D eigenvalue weighted by Gasteiger charge is -2.07. The minimum Gasteiger partial charge on any atom is -0.452 e. The van der Waals surface area contributed by atoms with E-state index in [4.69, 9.17) is 9.47 Å². The van der Waals surface area contributed by atoms with Gasteiger partial charge in [-0.3, -0.25) is 4.57 Å². The quantitative estimate of drug-likeness (QED) is 0.791. The molecule has 1 atom stereocenters. The molecule has 0 fully saturated rings. The van der Waals surface area contributed by atoms with E-state index < -0.39 is 12.0 Å². The Balaban J connectivity index is 2.61. The fraction of sp³-hybridized carbons (Fsp3) is 0.286. The van der Waals surface area contributed by atoms with Crippen LogP contribution in [0.1, 0.15) is 11.5 Å². The van der Waals surface area contributed by atoms with Crippen LogP contribution in [0.2, 0.25) is 0 Å². The molecule has 2 rings (SSSR count). The van der Waals surface area contributed by atoms with Crippen molar-refractivity contribution in [3.05, 3.63) is 36.0 Å². The second kappa shape index (κ2) is 5.67. The molecule has 0 aliphatic carbocycles. The van der Waals surface area contributed by atoms with Crippen molar-refractivity contribution >= 4 is 23.3 Å². The molecule has 0 N–H and O–H groups in total. The largest absolute Gasteiger partial charge is 0.452 e. The van der Waals surface area contributed by atoms with Crippen molar-refractivity contribution in [3.8, 4) is 0 Å². The van der Waals surface area contributed by atoms with Gasteiger partial charge in [0.1, 0.15) is 6.29 Å². The van der Waals surface area contributed by atoms with Gasteiger partial charge in [0.05, 0.1) is 25.2 Å². The van der Waals surface area contributed by atoms with Crippen LogP contribution in [0.5, 0.6) is 0 Å². The smallest absolute Gasteiger partial charge is 0.418 e. The summed E-state index contributed by atoms with van der Waals surface area (Å²) in [5.74, 6) is -0.402. The summed E-state index contributed by atoms with van der Waals surface area (Å²) in [4.78, 5) is 22.9. The molecular weight excluding hydrogens is 246 g/mol. The number of hydrogen-bond acceptors (Lipinski definition) is 4. The summed E-state index contributed by atoms with van der Waals surface area (Å²) in [6.45, 7) is 0.276. The molecule has 0 spiro atoms. The van der Waals surface area contributed by atoms with E-state index in [0.717, 1.165) is 17.2 Å². The number of rotatable bonds is 4. The number of benzene rings is 1. The molecule has 100 valence electrons. The van der Waals surface area contributed by atoms with Gasteiger partial charge in [-0.2, -0.15) is 0 Å². The van der Waals surface area contributed by atoms with Gasteiger partial charge in [0.25, 0.3) is 0 Å². The molecule has 1 unspecified atom stereocenters. The molecule has 0 radical (unpaired) electrons. The molecule has 0 aliphatic heterocycles. The molecule has 1 aromatic carbocycles. The lowest BCUT2D eigenvalue weighted by atomic mass is 10.0. The summed E-state index contributed by atoms with van der Waals surface area (Å²) in [7, 11) is 2.86. The SMILES string of the molecule is COCC(C=O)c1cn(C(=O)OC)c2ccccc12. The Morgan fingerprint density at radius 2 is 2.11 bits per heavy atom. The number of fused-ring (bicyclic) bond motifs is 1. The van der Waals surface area contributed by atoms with Gasteiger partial charge in [-0.25, -0.2) is 4.79 Å². The first-order valence-electron chi connectivity index (χ1n) is 5.85. The van der Waals surface area contributed by atoms with E-state index in [0.29, 0.717) is 5.52 Å². The number of nitrogens with zero attached hydrogens (tertiary/aromatic N) is 1. The van der Waals surface area contributed by atoms with Gasteiger partial charge in [-0.1, -0.05) is 18.2 Å². The van der Waals surface area contributed by atoms with Gasteiger partial charge >= 0.3 is 6.09 Å². The zero-order valence-electron chi connectivity index (χ0n) is 10.8. The molecule has 1 aromatic heterocycles. The number of para-hydroxylation sites is 1. The van der Waals surface area contributed by atoms with Gasteiger partial charge in [-0.15, -0.1) is 0 Å². The summed E-state index contributed by atoms with van der Waals surface area (Å²) in [5.41, 5.74) is 1.48. The highest BCUT2D eigenvalue weighted by molar-refractivity contribution is 5.93. The summed E-state index contributed by atoms with van der Waals surface area (Å²) >= 11 is 0. The molecule has 0 aliphatic rings. The number of ether oxygens (including phenoxy) is 2. The minimum atomic E-state index is -0.482. The van der Waals surface area contributed by atoms with Gasteiger partial charge in [0, 0.05) is 18.7 Å². The van der Waals surface area contributed by atoms with E-state index in [1.165, 1.54) is 18.8 Å². The van der Waals surface area contributed by atoms with Crippen molar-refractivity contribution in [3.63, 3.8) is 0 Å². The standard InChI is InChI=1S/C14H15NO4/c1-18-9-10(8-16)12-7-15(14(17)19-2)13-6-4-3-5-11(12)13/h3-8,10H,9H2,1-2H3. The van der Waals surface area contributed by atoms with E-state index in [9.17, 15) is 9.59 Å². The Labute approximate surface area is 110 Å². The fourth-order valence-electron chi connectivity index (χ4n) is 2.13. The van der Waals surface area contributed by atoms with Crippen molar-refractivity contribution < 1.29 is 19.1 Å². The lowest BCUT2D eigenvalue weighted by molar-refractivity contribution is -0.110. The van der Waals surface area contributed by atoms with Crippen LogP contribution in [-0.4, -0.2) is 37.8 Å². The van der Waals surface area contributed by atoms with Gasteiger partial charge in [-0.05, 0) is 11.6 Å². The normalized spacial score (nSPS) is 12.3. The predicted octanol–water partition coefficient (Wildman–Crippen LogP) is 2.18. The topological polar surface area (TPSA) is 57.5 Å². The van der Waals surface area contributed by atoms with Crippen LogP contribution in [0, 0.1) is 0 Å². The van der Waals surface area contributed by atoms with E-state index in [2.05, 4.69) is 0 Å². The molecule has 0 saturated heterocycles. The average Bonchev–Trinajstić information content (AvgIpc) is 2.83. The zero-order valence-corrected chi connectivity index (χ0v) is 10.8. The molecule has 0 saturated carbocycles. The Morgan fingerprint density at radius 3 is 2.74 bits per heavy atom. The maximum atomic E-state index is 11.7. The molecule has 2 aromatic rings. The number of aromatic nitrogens is 1. The van der Waals surface area contributed by atoms with Crippen molar-refractivity contribution in [1.82, 2.24) is 4.57 Å². The van der Waals surface area contributed by atoms with Gasteiger partial charge < -0.3 is 14.3 Å². The molecular formula is C14H15NO4. The second-order valence-electron chi connectivity index (χ2n) is 4.14. The van der Waals surface area contributed by atoms with Crippen molar-refractivity contribution in [2.75, 3.05) is 20.8 Å². The van der Waals surface area contributed by atoms with Crippen molar-refractivity contribution in [1.29, 1.82) is 0 Å². The summed E-state index contributed by atoms with van der Waals surface area (Å²) in [6, 6.07) is 7.38. The van der Waals surface area contributed by atoms with Gasteiger partial charge in [0.15, 0.2) is 0 Å². The average molecular weight is 261 g/mol. The van der Waals surface area contributed by atoms with Crippen LogP contribution in [0.15, 0.2) is 30.5 Å². The summed E-state index contributed by atoms with van der Waals surface area (Å²) in [5, 5.41) is 0.849. The minimum absolute atomic E-state index is 0.276. The third kappa shape index (κ3) is 2.37. The third-order valence-electron chi connectivity index (χ3n) is 3.02. The first-order chi connectivity index (χ1) is 9.22. The summed E-state index contributed by atoms with van der Waals surface area (Å²) in [6.07, 6.45) is 1.98. The van der Waals surface area contributed by atoms with Gasteiger partial charge in [0.2, 0.25) is 0 Å².